The zero-order valence-electron chi connectivity index (χ0n) is 31.1. The van der Waals surface area contributed by atoms with Crippen LogP contribution < -0.4 is 4.90 Å². The van der Waals surface area contributed by atoms with Crippen LogP contribution in [0, 0.1) is 0 Å². The van der Waals surface area contributed by atoms with Crippen molar-refractivity contribution in [2.75, 3.05) is 4.90 Å². The van der Waals surface area contributed by atoms with Crippen LogP contribution in [-0.4, -0.2) is 24.4 Å². The first-order valence-electron chi connectivity index (χ1n) is 19.4. The molecule has 2 aliphatic rings. The van der Waals surface area contributed by atoms with E-state index in [0.717, 1.165) is 27.8 Å². The summed E-state index contributed by atoms with van der Waals surface area (Å²) in [6.45, 7) is 4.61. The van der Waals surface area contributed by atoms with E-state index in [1.165, 1.54) is 58.4 Å². The monoisotopic (exact) mass is 748 g/mol. The van der Waals surface area contributed by atoms with Gasteiger partial charge in [0.05, 0.1) is 18.3 Å². The molecule has 2 heterocycles. The molecule has 1 aromatic heterocycles. The van der Waals surface area contributed by atoms with Crippen molar-refractivity contribution in [1.82, 2.24) is 0 Å². The molecule has 11 rings (SSSR count). The van der Waals surface area contributed by atoms with Crippen LogP contribution in [0.1, 0.15) is 28.2 Å². The van der Waals surface area contributed by atoms with Gasteiger partial charge in [0, 0.05) is 48.3 Å². The quantitative estimate of drug-likeness (QED) is 0.0981. The fourth-order valence-corrected chi connectivity index (χ4v) is 10.2. The summed E-state index contributed by atoms with van der Waals surface area (Å²) in [5, 5.41) is 9.90. The number of thiophene rings is 1. The molecule has 2 atom stereocenters. The minimum atomic E-state index is 0.0716. The highest BCUT2D eigenvalue weighted by atomic mass is 32.1. The molecular weight excluding hydrogens is 713 g/mol. The molecule has 0 spiro atoms. The number of amidine groups is 2. The lowest BCUT2D eigenvalue weighted by Crippen LogP contribution is -2.29. The van der Waals surface area contributed by atoms with Crippen molar-refractivity contribution in [2.45, 2.75) is 18.5 Å². The maximum Gasteiger partial charge on any atom is 0.161 e. The van der Waals surface area contributed by atoms with Gasteiger partial charge >= 0.3 is 0 Å². The molecule has 2 unspecified atom stereocenters. The molecule has 0 saturated carbocycles. The highest BCUT2D eigenvalue weighted by molar-refractivity contribution is 7.25. The van der Waals surface area contributed by atoms with Crippen LogP contribution in [0.25, 0.3) is 52.5 Å². The Balaban J connectivity index is 1.21. The van der Waals surface area contributed by atoms with Gasteiger partial charge in [-0.25, -0.2) is 9.98 Å². The third kappa shape index (κ3) is 5.46. The van der Waals surface area contributed by atoms with Gasteiger partial charge in [-0.2, -0.15) is 0 Å². The Kier molecular flexibility index (Phi) is 8.00. The largest absolute Gasteiger partial charge is 0.333 e. The molecule has 8 aromatic carbocycles. The summed E-state index contributed by atoms with van der Waals surface area (Å²) in [6.07, 6.45) is 9.18. The maximum atomic E-state index is 5.26. The number of hydrogen-bond donors (Lipinski definition) is 0. The number of hydrogen-bond acceptors (Lipinski definition) is 3. The van der Waals surface area contributed by atoms with Gasteiger partial charge in [-0.15, -0.1) is 11.3 Å². The van der Waals surface area contributed by atoms with Crippen LogP contribution in [0.5, 0.6) is 0 Å². The molecule has 0 saturated heterocycles. The number of benzene rings is 8. The molecule has 57 heavy (non-hydrogen) atoms. The first-order chi connectivity index (χ1) is 28.2. The molecule has 0 bridgehead atoms. The number of rotatable bonds is 5. The molecule has 0 N–H and O–H groups in total. The van der Waals surface area contributed by atoms with Crippen molar-refractivity contribution in [2.24, 2.45) is 15.0 Å². The van der Waals surface area contributed by atoms with Crippen molar-refractivity contribution < 1.29 is 0 Å². The molecular formula is C52H36N4S. The Morgan fingerprint density at radius 3 is 1.96 bits per heavy atom. The van der Waals surface area contributed by atoms with E-state index in [1.807, 2.05) is 47.7 Å². The van der Waals surface area contributed by atoms with Gasteiger partial charge in [-0.05, 0) is 75.1 Å². The summed E-state index contributed by atoms with van der Waals surface area (Å²) in [5.74, 6) is 1.32. The number of fused-ring (bicyclic) bond motifs is 13. The van der Waals surface area contributed by atoms with E-state index < -0.39 is 0 Å². The normalized spacial score (nSPS) is 16.6. The number of anilines is 2. The summed E-state index contributed by atoms with van der Waals surface area (Å²) in [4.78, 5) is 17.6. The molecule has 9 aromatic rings. The van der Waals surface area contributed by atoms with E-state index in [1.54, 1.807) is 0 Å². The van der Waals surface area contributed by atoms with Gasteiger partial charge in [0.25, 0.3) is 0 Å². The highest BCUT2D eigenvalue weighted by Crippen LogP contribution is 2.55. The SMILES string of the molecule is C=NC(=NC(=NCc1ccccc1)c1ccccc1)c1cc(N2c3ccc4sc5ccccc5c4c3C3C=CC=CC32)c2c3ccccc3c3ccccc3c2c1. The second-order valence-electron chi connectivity index (χ2n) is 14.7. The van der Waals surface area contributed by atoms with E-state index in [9.17, 15) is 0 Å². The van der Waals surface area contributed by atoms with Crippen molar-refractivity contribution in [3.05, 3.63) is 204 Å². The minimum Gasteiger partial charge on any atom is -0.333 e. The van der Waals surface area contributed by atoms with Crippen LogP contribution in [0.4, 0.5) is 11.4 Å². The fourth-order valence-electron chi connectivity index (χ4n) is 9.09. The Morgan fingerprint density at radius 1 is 0.544 bits per heavy atom. The summed E-state index contributed by atoms with van der Waals surface area (Å²) in [7, 11) is 0. The molecule has 0 fully saturated rings. The summed E-state index contributed by atoms with van der Waals surface area (Å²) in [6, 6.07) is 56.2. The lowest BCUT2D eigenvalue weighted by Gasteiger charge is -2.31. The van der Waals surface area contributed by atoms with Gasteiger partial charge in [0.1, 0.15) is 0 Å². The second kappa shape index (κ2) is 13.7. The van der Waals surface area contributed by atoms with Gasteiger partial charge in [-0.1, -0.05) is 152 Å². The molecule has 0 amide bonds. The Hall–Kier alpha value is -6.95. The predicted molar refractivity (Wildman–Crippen MR) is 244 cm³/mol. The molecule has 1 aliphatic heterocycles. The summed E-state index contributed by atoms with van der Waals surface area (Å²) >= 11 is 1.88. The van der Waals surface area contributed by atoms with Crippen LogP contribution >= 0.6 is 11.3 Å². The summed E-state index contributed by atoms with van der Waals surface area (Å²) < 4.78 is 2.64. The molecule has 0 radical (unpaired) electrons. The first-order valence-corrected chi connectivity index (χ1v) is 20.2. The average Bonchev–Trinajstić information content (AvgIpc) is 3.82. The molecule has 1 aliphatic carbocycles. The minimum absolute atomic E-state index is 0.0716. The van der Waals surface area contributed by atoms with Gasteiger partial charge in [0.2, 0.25) is 0 Å². The average molecular weight is 749 g/mol. The lowest BCUT2D eigenvalue weighted by atomic mass is 9.88. The highest BCUT2D eigenvalue weighted by Gasteiger charge is 2.40. The van der Waals surface area contributed by atoms with Gasteiger partial charge in [0.15, 0.2) is 11.7 Å². The number of nitrogens with zero attached hydrogens (tertiary/aromatic N) is 4. The van der Waals surface area contributed by atoms with E-state index in [0.29, 0.717) is 18.2 Å². The smallest absolute Gasteiger partial charge is 0.161 e. The number of aliphatic imine (C=N–C) groups is 3. The van der Waals surface area contributed by atoms with E-state index in [2.05, 4.69) is 162 Å². The standard InChI is InChI=1S/C52H36N4S/c1-53-51(55-52(34-18-6-3-7-19-34)54-32-33-16-4-2-5-17-33)35-30-42-38-22-9-8-20-36(38)37-21-10-11-23-39(37)48(42)45(31-35)56-43-26-14-12-24-40(43)49-44(56)28-29-47-50(49)41-25-13-15-27-46(41)57-47/h2-31,40,43H,1,32H2. The van der Waals surface area contributed by atoms with E-state index in [4.69, 9.17) is 9.98 Å². The third-order valence-electron chi connectivity index (χ3n) is 11.5. The second-order valence-corrected chi connectivity index (χ2v) is 15.8. The van der Waals surface area contributed by atoms with Crippen molar-refractivity contribution in [3.8, 4) is 0 Å². The van der Waals surface area contributed by atoms with Crippen LogP contribution in [0.3, 0.4) is 0 Å². The predicted octanol–water partition coefficient (Wildman–Crippen LogP) is 13.3. The first kappa shape index (κ1) is 33.4. The fraction of sp³-hybridized carbons (Fsp3) is 0.0577. The van der Waals surface area contributed by atoms with E-state index >= 15 is 0 Å². The Morgan fingerprint density at radius 2 is 1.19 bits per heavy atom. The number of allylic oxidation sites excluding steroid dienone is 2. The van der Waals surface area contributed by atoms with Crippen molar-refractivity contribution >= 4 is 93.6 Å². The molecule has 5 heteroatoms. The maximum absolute atomic E-state index is 5.26. The van der Waals surface area contributed by atoms with Crippen molar-refractivity contribution in [1.29, 1.82) is 0 Å². The zero-order valence-corrected chi connectivity index (χ0v) is 31.9. The summed E-state index contributed by atoms with van der Waals surface area (Å²) in [5.41, 5.74) is 6.66. The van der Waals surface area contributed by atoms with Gasteiger partial charge in [-0.3, -0.25) is 4.99 Å². The van der Waals surface area contributed by atoms with Gasteiger partial charge < -0.3 is 4.90 Å². The molecule has 4 nitrogen and oxygen atoms in total. The van der Waals surface area contributed by atoms with Crippen molar-refractivity contribution in [3.63, 3.8) is 0 Å². The Labute approximate surface area is 334 Å². The molecule has 270 valence electrons. The van der Waals surface area contributed by atoms with E-state index in [-0.39, 0.29) is 12.0 Å². The van der Waals surface area contributed by atoms with Crippen LogP contribution in [-0.2, 0) is 6.54 Å². The van der Waals surface area contributed by atoms with Crippen LogP contribution in [0.2, 0.25) is 0 Å². The lowest BCUT2D eigenvalue weighted by molar-refractivity contribution is 0.749. The topological polar surface area (TPSA) is 40.3 Å². The third-order valence-corrected chi connectivity index (χ3v) is 12.7. The van der Waals surface area contributed by atoms with Crippen LogP contribution in [0.15, 0.2) is 197 Å². The zero-order chi connectivity index (χ0) is 37.9. The Bertz CT molecular complexity index is 3190.